The number of hydrogen-bond donors (Lipinski definition) is 0. The van der Waals surface area contributed by atoms with Crippen LogP contribution in [0.15, 0.2) is 52.9 Å². The SMILES string of the molecule is CCCCc1oc2ccccc2c1C(=O)c1ccc(C(=O)N2CCOCC2)cc1. The van der Waals surface area contributed by atoms with Crippen molar-refractivity contribution < 1.29 is 18.7 Å². The molecule has 1 aliphatic rings. The van der Waals surface area contributed by atoms with Crippen molar-refractivity contribution >= 4 is 22.7 Å². The van der Waals surface area contributed by atoms with Gasteiger partial charge in [0, 0.05) is 36.0 Å². The topological polar surface area (TPSA) is 59.8 Å². The number of para-hydroxylation sites is 1. The van der Waals surface area contributed by atoms with Crippen LogP contribution in [0.3, 0.4) is 0 Å². The summed E-state index contributed by atoms with van der Waals surface area (Å²) in [5.74, 6) is 0.655. The van der Waals surface area contributed by atoms with Crippen molar-refractivity contribution in [3.63, 3.8) is 0 Å². The van der Waals surface area contributed by atoms with Crippen LogP contribution < -0.4 is 0 Å². The highest BCUT2D eigenvalue weighted by atomic mass is 16.5. The van der Waals surface area contributed by atoms with E-state index in [2.05, 4.69) is 6.92 Å². The monoisotopic (exact) mass is 391 g/mol. The summed E-state index contributed by atoms with van der Waals surface area (Å²) < 4.78 is 11.3. The minimum Gasteiger partial charge on any atom is -0.460 e. The van der Waals surface area contributed by atoms with Crippen LogP contribution in [0.5, 0.6) is 0 Å². The number of benzene rings is 2. The van der Waals surface area contributed by atoms with Crippen LogP contribution in [-0.2, 0) is 11.2 Å². The molecule has 1 amide bonds. The molecule has 3 aromatic rings. The van der Waals surface area contributed by atoms with Gasteiger partial charge < -0.3 is 14.1 Å². The van der Waals surface area contributed by atoms with Gasteiger partial charge in [0.1, 0.15) is 11.3 Å². The number of ether oxygens (including phenoxy) is 1. The molecule has 0 saturated carbocycles. The van der Waals surface area contributed by atoms with Gasteiger partial charge in [0.05, 0.1) is 18.8 Å². The molecule has 0 radical (unpaired) electrons. The Kier molecular flexibility index (Phi) is 5.76. The Hall–Kier alpha value is -2.92. The standard InChI is InChI=1S/C24H25NO4/c1-2-3-7-21-22(19-6-4-5-8-20(19)29-21)23(26)17-9-11-18(12-10-17)24(27)25-13-15-28-16-14-25/h4-6,8-12H,2-3,7,13-16H2,1H3. The van der Waals surface area contributed by atoms with E-state index in [1.807, 2.05) is 24.3 Å². The molecule has 2 heterocycles. The first-order valence-electron chi connectivity index (χ1n) is 10.2. The molecule has 0 aliphatic carbocycles. The van der Waals surface area contributed by atoms with Crippen molar-refractivity contribution in [2.75, 3.05) is 26.3 Å². The summed E-state index contributed by atoms with van der Waals surface area (Å²) >= 11 is 0. The van der Waals surface area contributed by atoms with Crippen molar-refractivity contribution in [2.24, 2.45) is 0 Å². The lowest BCUT2D eigenvalue weighted by molar-refractivity contribution is 0.0303. The number of amides is 1. The molecule has 0 unspecified atom stereocenters. The molecule has 5 heteroatoms. The van der Waals surface area contributed by atoms with Gasteiger partial charge in [-0.3, -0.25) is 9.59 Å². The predicted octanol–water partition coefficient (Wildman–Crippen LogP) is 4.48. The first kappa shape index (κ1) is 19.4. The zero-order chi connectivity index (χ0) is 20.2. The molecule has 2 aromatic carbocycles. The van der Waals surface area contributed by atoms with E-state index in [1.165, 1.54) is 0 Å². The fraction of sp³-hybridized carbons (Fsp3) is 0.333. The summed E-state index contributed by atoms with van der Waals surface area (Å²) in [6, 6.07) is 14.6. The van der Waals surface area contributed by atoms with Gasteiger partial charge in [0.25, 0.3) is 5.91 Å². The van der Waals surface area contributed by atoms with E-state index in [0.29, 0.717) is 43.0 Å². The van der Waals surface area contributed by atoms with Crippen molar-refractivity contribution in [1.82, 2.24) is 4.90 Å². The lowest BCUT2D eigenvalue weighted by atomic mass is 9.97. The van der Waals surface area contributed by atoms with Crippen LogP contribution in [0, 0.1) is 0 Å². The first-order valence-corrected chi connectivity index (χ1v) is 10.2. The first-order chi connectivity index (χ1) is 14.2. The van der Waals surface area contributed by atoms with Gasteiger partial charge in [-0.1, -0.05) is 43.7 Å². The number of furan rings is 1. The van der Waals surface area contributed by atoms with E-state index in [9.17, 15) is 9.59 Å². The predicted molar refractivity (Wildman–Crippen MR) is 111 cm³/mol. The minimum absolute atomic E-state index is 0.0234. The second-order valence-corrected chi connectivity index (χ2v) is 7.31. The Morgan fingerprint density at radius 1 is 0.966 bits per heavy atom. The molecule has 5 nitrogen and oxygen atoms in total. The van der Waals surface area contributed by atoms with Gasteiger partial charge in [-0.05, 0) is 24.6 Å². The molecule has 1 aromatic heterocycles. The second-order valence-electron chi connectivity index (χ2n) is 7.31. The number of fused-ring (bicyclic) bond motifs is 1. The van der Waals surface area contributed by atoms with E-state index in [0.717, 1.165) is 36.0 Å². The number of nitrogens with zero attached hydrogens (tertiary/aromatic N) is 1. The summed E-state index contributed by atoms with van der Waals surface area (Å²) in [4.78, 5) is 27.7. The second kappa shape index (κ2) is 8.62. The lowest BCUT2D eigenvalue weighted by Crippen LogP contribution is -2.40. The minimum atomic E-state index is -0.0635. The summed E-state index contributed by atoms with van der Waals surface area (Å²) in [5, 5.41) is 0.845. The lowest BCUT2D eigenvalue weighted by Gasteiger charge is -2.26. The molecule has 4 rings (SSSR count). The Morgan fingerprint density at radius 2 is 1.66 bits per heavy atom. The number of aryl methyl sites for hydroxylation is 1. The molecule has 0 atom stereocenters. The number of unbranched alkanes of at least 4 members (excludes halogenated alkanes) is 1. The zero-order valence-electron chi connectivity index (χ0n) is 16.6. The number of carbonyl (C=O) groups is 2. The zero-order valence-corrected chi connectivity index (χ0v) is 16.6. The van der Waals surface area contributed by atoms with Crippen molar-refractivity contribution in [3.05, 3.63) is 71.0 Å². The molecule has 1 aliphatic heterocycles. The molecule has 0 N–H and O–H groups in total. The van der Waals surface area contributed by atoms with E-state index in [1.54, 1.807) is 29.2 Å². The van der Waals surface area contributed by atoms with Gasteiger partial charge in [-0.25, -0.2) is 0 Å². The van der Waals surface area contributed by atoms with Gasteiger partial charge in [0.15, 0.2) is 5.78 Å². The van der Waals surface area contributed by atoms with Crippen LogP contribution in [-0.4, -0.2) is 42.9 Å². The Morgan fingerprint density at radius 3 is 2.38 bits per heavy atom. The maximum atomic E-state index is 13.3. The number of carbonyl (C=O) groups excluding carboxylic acids is 2. The number of ketones is 1. The average molecular weight is 391 g/mol. The highest BCUT2D eigenvalue weighted by Crippen LogP contribution is 2.29. The van der Waals surface area contributed by atoms with E-state index in [-0.39, 0.29) is 11.7 Å². The van der Waals surface area contributed by atoms with Crippen LogP contribution in [0.1, 0.15) is 51.8 Å². The molecule has 1 fully saturated rings. The van der Waals surface area contributed by atoms with Crippen molar-refractivity contribution in [2.45, 2.75) is 26.2 Å². The molecule has 0 bridgehead atoms. The maximum absolute atomic E-state index is 13.3. The number of rotatable bonds is 6. The van der Waals surface area contributed by atoms with E-state index < -0.39 is 0 Å². The fourth-order valence-electron chi connectivity index (χ4n) is 3.72. The Balaban J connectivity index is 1.62. The van der Waals surface area contributed by atoms with Crippen LogP contribution >= 0.6 is 0 Å². The normalized spacial score (nSPS) is 14.3. The molecular formula is C24H25NO4. The highest BCUT2D eigenvalue weighted by molar-refractivity contribution is 6.17. The molecular weight excluding hydrogens is 366 g/mol. The van der Waals surface area contributed by atoms with Crippen LogP contribution in [0.4, 0.5) is 0 Å². The van der Waals surface area contributed by atoms with Gasteiger partial charge >= 0.3 is 0 Å². The highest BCUT2D eigenvalue weighted by Gasteiger charge is 2.23. The summed E-state index contributed by atoms with van der Waals surface area (Å²) in [6.07, 6.45) is 2.73. The number of hydrogen-bond acceptors (Lipinski definition) is 4. The third-order valence-corrected chi connectivity index (χ3v) is 5.35. The Bertz CT molecular complexity index is 1010. The van der Waals surface area contributed by atoms with E-state index in [4.69, 9.17) is 9.15 Å². The van der Waals surface area contributed by atoms with Crippen molar-refractivity contribution in [1.29, 1.82) is 0 Å². The number of morpholine rings is 1. The third-order valence-electron chi connectivity index (χ3n) is 5.35. The van der Waals surface area contributed by atoms with Crippen molar-refractivity contribution in [3.8, 4) is 0 Å². The molecule has 0 spiro atoms. The fourth-order valence-corrected chi connectivity index (χ4v) is 3.72. The van der Waals surface area contributed by atoms with Gasteiger partial charge in [-0.2, -0.15) is 0 Å². The summed E-state index contributed by atoms with van der Waals surface area (Å²) in [7, 11) is 0. The molecule has 1 saturated heterocycles. The smallest absolute Gasteiger partial charge is 0.254 e. The van der Waals surface area contributed by atoms with E-state index >= 15 is 0 Å². The summed E-state index contributed by atoms with van der Waals surface area (Å²) in [5.41, 5.74) is 2.53. The molecule has 150 valence electrons. The third kappa shape index (κ3) is 3.96. The maximum Gasteiger partial charge on any atom is 0.254 e. The average Bonchev–Trinajstić information content (AvgIpc) is 3.15. The van der Waals surface area contributed by atoms with Gasteiger partial charge in [-0.15, -0.1) is 0 Å². The van der Waals surface area contributed by atoms with Gasteiger partial charge in [0.2, 0.25) is 0 Å². The quantitative estimate of drug-likeness (QED) is 0.582. The van der Waals surface area contributed by atoms with Crippen LogP contribution in [0.2, 0.25) is 0 Å². The van der Waals surface area contributed by atoms with Crippen LogP contribution in [0.25, 0.3) is 11.0 Å². The Labute approximate surface area is 170 Å². The summed E-state index contributed by atoms with van der Waals surface area (Å²) in [6.45, 7) is 4.45. The largest absolute Gasteiger partial charge is 0.460 e. The molecule has 29 heavy (non-hydrogen) atoms.